The summed E-state index contributed by atoms with van der Waals surface area (Å²) in [6, 6.07) is 17.0. The second-order valence-electron chi connectivity index (χ2n) is 11.1. The van der Waals surface area contributed by atoms with Gasteiger partial charge in [-0.25, -0.2) is 4.79 Å². The lowest BCUT2D eigenvalue weighted by Crippen LogP contribution is -2.48. The Hall–Kier alpha value is -3.22. The quantitative estimate of drug-likeness (QED) is 0.544. The van der Waals surface area contributed by atoms with E-state index in [0.717, 1.165) is 35.5 Å². The number of amides is 2. The van der Waals surface area contributed by atoms with E-state index in [2.05, 4.69) is 54.8 Å². The van der Waals surface area contributed by atoms with Crippen molar-refractivity contribution >= 4 is 29.1 Å². The van der Waals surface area contributed by atoms with E-state index < -0.39 is 5.60 Å². The number of para-hydroxylation sites is 1. The van der Waals surface area contributed by atoms with Crippen molar-refractivity contribution in [1.82, 2.24) is 4.90 Å². The van der Waals surface area contributed by atoms with Crippen molar-refractivity contribution in [2.24, 2.45) is 5.92 Å². The third-order valence-electron chi connectivity index (χ3n) is 7.27. The Kier molecular flexibility index (Phi) is 7.48. The first-order valence-electron chi connectivity index (χ1n) is 13.0. The lowest BCUT2D eigenvalue weighted by atomic mass is 9.82. The van der Waals surface area contributed by atoms with Crippen molar-refractivity contribution in [1.29, 1.82) is 0 Å². The lowest BCUT2D eigenvalue weighted by Gasteiger charge is -2.44. The number of nitrogens with one attached hydrogen (secondary N) is 2. The number of fused-ring (bicyclic) bond motifs is 1. The van der Waals surface area contributed by atoms with Crippen LogP contribution in [-0.4, -0.2) is 47.7 Å². The van der Waals surface area contributed by atoms with Gasteiger partial charge in [0.05, 0.1) is 6.04 Å². The molecular formula is C29H40N4O3. The first-order valence-corrected chi connectivity index (χ1v) is 13.0. The minimum atomic E-state index is -0.484. The molecule has 2 aromatic carbocycles. The van der Waals surface area contributed by atoms with Gasteiger partial charge in [0, 0.05) is 60.6 Å². The molecule has 7 heteroatoms. The van der Waals surface area contributed by atoms with Gasteiger partial charge in [-0.15, -0.1) is 0 Å². The van der Waals surface area contributed by atoms with Gasteiger partial charge < -0.3 is 25.2 Å². The minimum Gasteiger partial charge on any atom is -0.444 e. The third-order valence-corrected chi connectivity index (χ3v) is 7.27. The van der Waals surface area contributed by atoms with Gasteiger partial charge in [0.1, 0.15) is 5.60 Å². The minimum absolute atomic E-state index is 0.0592. The van der Waals surface area contributed by atoms with E-state index in [1.807, 2.05) is 43.9 Å². The summed E-state index contributed by atoms with van der Waals surface area (Å²) in [5.41, 5.74) is 3.70. The predicted molar refractivity (Wildman–Crippen MR) is 145 cm³/mol. The van der Waals surface area contributed by atoms with Crippen molar-refractivity contribution in [3.8, 4) is 0 Å². The Morgan fingerprint density at radius 3 is 2.22 bits per heavy atom. The molecule has 1 fully saturated rings. The van der Waals surface area contributed by atoms with Crippen LogP contribution in [0.5, 0.6) is 0 Å². The number of likely N-dealkylation sites (tertiary alicyclic amines) is 1. The molecule has 2 heterocycles. The van der Waals surface area contributed by atoms with Crippen LogP contribution >= 0.6 is 0 Å². The van der Waals surface area contributed by atoms with Gasteiger partial charge in [0.2, 0.25) is 5.91 Å². The Balaban J connectivity index is 1.52. The summed E-state index contributed by atoms with van der Waals surface area (Å²) in [7, 11) is 0. The maximum Gasteiger partial charge on any atom is 0.410 e. The van der Waals surface area contributed by atoms with E-state index in [1.54, 1.807) is 11.8 Å². The molecule has 3 atom stereocenters. The molecule has 2 aliphatic rings. The van der Waals surface area contributed by atoms with E-state index in [0.29, 0.717) is 13.1 Å². The number of hydrogen-bond donors (Lipinski definition) is 2. The first-order chi connectivity index (χ1) is 17.0. The number of anilines is 3. The Labute approximate surface area is 215 Å². The van der Waals surface area contributed by atoms with Crippen LogP contribution < -0.4 is 15.5 Å². The van der Waals surface area contributed by atoms with Crippen LogP contribution in [0, 0.1) is 5.92 Å². The predicted octanol–water partition coefficient (Wildman–Crippen LogP) is 6.04. The van der Waals surface area contributed by atoms with Gasteiger partial charge in [0.25, 0.3) is 0 Å². The largest absolute Gasteiger partial charge is 0.444 e. The second-order valence-corrected chi connectivity index (χ2v) is 11.1. The Bertz CT molecular complexity index is 1070. The summed E-state index contributed by atoms with van der Waals surface area (Å²) in [6.45, 7) is 13.0. The van der Waals surface area contributed by atoms with E-state index in [-0.39, 0.29) is 36.0 Å². The average molecular weight is 493 g/mol. The lowest BCUT2D eigenvalue weighted by molar-refractivity contribution is -0.117. The number of nitrogens with zero attached hydrogens (tertiary/aromatic N) is 2. The molecular weight excluding hydrogens is 452 g/mol. The smallest absolute Gasteiger partial charge is 0.410 e. The number of benzene rings is 2. The fourth-order valence-corrected chi connectivity index (χ4v) is 5.28. The summed E-state index contributed by atoms with van der Waals surface area (Å²) in [5.74, 6) is 0.276. The monoisotopic (exact) mass is 492 g/mol. The zero-order valence-electron chi connectivity index (χ0n) is 22.4. The van der Waals surface area contributed by atoms with E-state index in [9.17, 15) is 9.59 Å². The number of carbonyl (C=O) groups excluding carboxylic acids is 2. The van der Waals surface area contributed by atoms with Crippen molar-refractivity contribution < 1.29 is 14.3 Å². The van der Waals surface area contributed by atoms with Crippen LogP contribution in [0.4, 0.5) is 21.9 Å². The molecule has 3 unspecified atom stereocenters. The molecule has 36 heavy (non-hydrogen) atoms. The highest BCUT2D eigenvalue weighted by molar-refractivity contribution is 5.94. The van der Waals surface area contributed by atoms with Gasteiger partial charge in [-0.3, -0.25) is 4.79 Å². The maximum atomic E-state index is 12.6. The van der Waals surface area contributed by atoms with Crippen LogP contribution in [0.2, 0.25) is 0 Å². The van der Waals surface area contributed by atoms with Gasteiger partial charge in [-0.05, 0) is 70.9 Å². The molecule has 0 radical (unpaired) electrons. The van der Waals surface area contributed by atoms with Crippen molar-refractivity contribution in [3.05, 3.63) is 54.1 Å². The highest BCUT2D eigenvalue weighted by atomic mass is 16.6. The Morgan fingerprint density at radius 1 is 0.944 bits per heavy atom. The number of ether oxygens (including phenoxy) is 1. The van der Waals surface area contributed by atoms with Crippen LogP contribution in [0.15, 0.2) is 48.5 Å². The highest BCUT2D eigenvalue weighted by Gasteiger charge is 2.38. The van der Waals surface area contributed by atoms with Gasteiger partial charge in [-0.1, -0.05) is 25.1 Å². The SMILES string of the molecule is CC(=O)N1c2ccc(NC3CCN(C(=O)OC(C)(C)C)CC3)cc2C(Nc2ccccc2)C(C)C1C. The fraction of sp³-hybridized carbons (Fsp3) is 0.517. The third kappa shape index (κ3) is 5.77. The summed E-state index contributed by atoms with van der Waals surface area (Å²) in [4.78, 5) is 28.7. The summed E-state index contributed by atoms with van der Waals surface area (Å²) < 4.78 is 5.53. The number of carbonyl (C=O) groups is 2. The Morgan fingerprint density at radius 2 is 1.61 bits per heavy atom. The molecule has 0 aromatic heterocycles. The average Bonchev–Trinajstić information content (AvgIpc) is 2.82. The molecule has 0 saturated carbocycles. The molecule has 194 valence electrons. The molecule has 1 saturated heterocycles. The van der Waals surface area contributed by atoms with Crippen LogP contribution in [0.25, 0.3) is 0 Å². The standard InChI is InChI=1S/C29H40N4O3/c1-19-20(2)33(21(3)34)26-13-12-24(18-25(26)27(19)31-22-10-8-7-9-11-22)30-23-14-16-32(17-15-23)28(35)36-29(4,5)6/h7-13,18-20,23,27,30-31H,14-17H2,1-6H3. The van der Waals surface area contributed by atoms with E-state index >= 15 is 0 Å². The molecule has 2 N–H and O–H groups in total. The molecule has 7 nitrogen and oxygen atoms in total. The van der Waals surface area contributed by atoms with Crippen molar-refractivity contribution in [2.45, 2.75) is 78.1 Å². The van der Waals surface area contributed by atoms with E-state index in [4.69, 9.17) is 4.74 Å². The summed E-state index contributed by atoms with van der Waals surface area (Å²) >= 11 is 0. The second kappa shape index (κ2) is 10.4. The topological polar surface area (TPSA) is 73.9 Å². The molecule has 4 rings (SSSR count). The number of piperidine rings is 1. The first kappa shape index (κ1) is 25.9. The van der Waals surface area contributed by atoms with Crippen LogP contribution in [0.3, 0.4) is 0 Å². The van der Waals surface area contributed by atoms with E-state index in [1.165, 1.54) is 0 Å². The molecule has 0 aliphatic carbocycles. The van der Waals surface area contributed by atoms with Crippen molar-refractivity contribution in [3.63, 3.8) is 0 Å². The van der Waals surface area contributed by atoms with Gasteiger partial charge in [0.15, 0.2) is 0 Å². The summed E-state index contributed by atoms with van der Waals surface area (Å²) in [6.07, 6.45) is 1.47. The molecule has 2 aromatic rings. The maximum absolute atomic E-state index is 12.6. The molecule has 0 spiro atoms. The zero-order chi connectivity index (χ0) is 26.0. The number of hydrogen-bond acceptors (Lipinski definition) is 5. The normalized spacial score (nSPS) is 22.6. The van der Waals surface area contributed by atoms with Crippen molar-refractivity contribution in [2.75, 3.05) is 28.6 Å². The number of rotatable bonds is 4. The fourth-order valence-electron chi connectivity index (χ4n) is 5.28. The van der Waals surface area contributed by atoms with Crippen LogP contribution in [-0.2, 0) is 9.53 Å². The zero-order valence-corrected chi connectivity index (χ0v) is 22.4. The molecule has 2 amide bonds. The van der Waals surface area contributed by atoms with Gasteiger partial charge in [-0.2, -0.15) is 0 Å². The molecule has 0 bridgehead atoms. The summed E-state index contributed by atoms with van der Waals surface area (Å²) in [5, 5.41) is 7.40. The van der Waals surface area contributed by atoms with Gasteiger partial charge >= 0.3 is 6.09 Å². The molecule has 2 aliphatic heterocycles. The van der Waals surface area contributed by atoms with Crippen LogP contribution in [0.1, 0.15) is 66.0 Å². The highest BCUT2D eigenvalue weighted by Crippen LogP contribution is 2.43.